The summed E-state index contributed by atoms with van der Waals surface area (Å²) in [6.07, 6.45) is 0. The van der Waals surface area contributed by atoms with E-state index in [0.29, 0.717) is 16.3 Å². The average Bonchev–Trinajstić information content (AvgIpc) is 2.55. The number of aryl methyl sites for hydroxylation is 1. The van der Waals surface area contributed by atoms with Gasteiger partial charge in [-0.2, -0.15) is 0 Å². The average molecular weight is 333 g/mol. The molecule has 0 saturated heterocycles. The third kappa shape index (κ3) is 4.55. The van der Waals surface area contributed by atoms with Crippen LogP contribution >= 0.6 is 11.6 Å². The van der Waals surface area contributed by atoms with Crippen molar-refractivity contribution in [2.45, 2.75) is 13.0 Å². The highest BCUT2D eigenvalue weighted by Gasteiger charge is 2.20. The van der Waals surface area contributed by atoms with Crippen molar-refractivity contribution in [1.82, 2.24) is 5.32 Å². The highest BCUT2D eigenvalue weighted by Crippen LogP contribution is 2.22. The van der Waals surface area contributed by atoms with Crippen LogP contribution in [0.15, 0.2) is 48.5 Å². The van der Waals surface area contributed by atoms with Crippen molar-refractivity contribution in [3.63, 3.8) is 0 Å². The van der Waals surface area contributed by atoms with Gasteiger partial charge in [0, 0.05) is 0 Å². The summed E-state index contributed by atoms with van der Waals surface area (Å²) in [4.78, 5) is 24.0. The third-order valence-electron chi connectivity index (χ3n) is 3.27. The summed E-state index contributed by atoms with van der Waals surface area (Å²) in [5, 5.41) is 14.7. The Hall–Kier alpha value is -2.37. The number of hydrogen-bond acceptors (Lipinski definition) is 3. The minimum Gasteiger partial charge on any atom is -0.394 e. The Bertz CT molecular complexity index is 704. The highest BCUT2D eigenvalue weighted by molar-refractivity contribution is 6.41. The number of rotatable bonds is 4. The van der Waals surface area contributed by atoms with Crippen molar-refractivity contribution in [2.75, 3.05) is 11.9 Å². The standard InChI is InChI=1S/C17H17ClN2O3/c1-11-7-8-14(13(18)9-11)19-16(22)17(23)20-15(10-21)12-5-3-2-4-6-12/h2-9,15,21H,10H2,1H3,(H,19,22)(H,20,23). The molecule has 0 aromatic heterocycles. The Morgan fingerprint density at radius 2 is 1.83 bits per heavy atom. The summed E-state index contributed by atoms with van der Waals surface area (Å²) in [5.41, 5.74) is 2.02. The second-order valence-electron chi connectivity index (χ2n) is 5.06. The van der Waals surface area contributed by atoms with Crippen molar-refractivity contribution in [3.8, 4) is 0 Å². The molecule has 2 amide bonds. The third-order valence-corrected chi connectivity index (χ3v) is 3.58. The molecule has 1 atom stereocenters. The first-order chi connectivity index (χ1) is 11.0. The maximum atomic E-state index is 12.0. The van der Waals surface area contributed by atoms with Crippen LogP contribution in [-0.2, 0) is 9.59 Å². The molecule has 2 aromatic rings. The molecule has 0 bridgehead atoms. The maximum absolute atomic E-state index is 12.0. The van der Waals surface area contributed by atoms with Gasteiger partial charge in [0.05, 0.1) is 23.4 Å². The summed E-state index contributed by atoms with van der Waals surface area (Å²) in [6.45, 7) is 1.56. The smallest absolute Gasteiger partial charge is 0.313 e. The quantitative estimate of drug-likeness (QED) is 0.752. The van der Waals surface area contributed by atoms with E-state index in [1.807, 2.05) is 13.0 Å². The van der Waals surface area contributed by atoms with Gasteiger partial charge < -0.3 is 15.7 Å². The number of amides is 2. The fourth-order valence-electron chi connectivity index (χ4n) is 2.04. The van der Waals surface area contributed by atoms with E-state index in [1.165, 1.54) is 0 Å². The molecule has 0 spiro atoms. The van der Waals surface area contributed by atoms with E-state index >= 15 is 0 Å². The number of aliphatic hydroxyl groups excluding tert-OH is 1. The monoisotopic (exact) mass is 332 g/mol. The van der Waals surface area contributed by atoms with Crippen molar-refractivity contribution < 1.29 is 14.7 Å². The lowest BCUT2D eigenvalue weighted by atomic mass is 10.1. The van der Waals surface area contributed by atoms with E-state index in [0.717, 1.165) is 5.56 Å². The van der Waals surface area contributed by atoms with Crippen LogP contribution < -0.4 is 10.6 Å². The van der Waals surface area contributed by atoms with E-state index in [2.05, 4.69) is 10.6 Å². The van der Waals surface area contributed by atoms with Gasteiger partial charge in [0.1, 0.15) is 0 Å². The van der Waals surface area contributed by atoms with Gasteiger partial charge in [-0.3, -0.25) is 9.59 Å². The topological polar surface area (TPSA) is 78.4 Å². The SMILES string of the molecule is Cc1ccc(NC(=O)C(=O)NC(CO)c2ccccc2)c(Cl)c1. The van der Waals surface area contributed by atoms with Crippen molar-refractivity contribution in [1.29, 1.82) is 0 Å². The first kappa shape index (κ1) is 17.0. The fraction of sp³-hybridized carbons (Fsp3) is 0.176. The maximum Gasteiger partial charge on any atom is 0.313 e. The number of aliphatic hydroxyl groups is 1. The van der Waals surface area contributed by atoms with Crippen LogP contribution in [0, 0.1) is 6.92 Å². The molecule has 0 aliphatic carbocycles. The lowest BCUT2D eigenvalue weighted by Gasteiger charge is -2.16. The molecule has 0 saturated carbocycles. The predicted molar refractivity (Wildman–Crippen MR) is 89.2 cm³/mol. The second-order valence-corrected chi connectivity index (χ2v) is 5.46. The summed E-state index contributed by atoms with van der Waals surface area (Å²) in [6, 6.07) is 13.4. The van der Waals surface area contributed by atoms with Crippen molar-refractivity contribution in [2.24, 2.45) is 0 Å². The van der Waals surface area contributed by atoms with E-state index in [9.17, 15) is 14.7 Å². The van der Waals surface area contributed by atoms with Crippen LogP contribution in [-0.4, -0.2) is 23.5 Å². The van der Waals surface area contributed by atoms with Gasteiger partial charge in [0.25, 0.3) is 0 Å². The van der Waals surface area contributed by atoms with Crippen LogP contribution in [0.5, 0.6) is 0 Å². The zero-order chi connectivity index (χ0) is 16.8. The Balaban J connectivity index is 2.03. The van der Waals surface area contributed by atoms with E-state index in [4.69, 9.17) is 11.6 Å². The van der Waals surface area contributed by atoms with Crippen LogP contribution in [0.25, 0.3) is 0 Å². The largest absolute Gasteiger partial charge is 0.394 e. The summed E-state index contributed by atoms with van der Waals surface area (Å²) < 4.78 is 0. The van der Waals surface area contributed by atoms with Crippen LogP contribution in [0.3, 0.4) is 0 Å². The molecule has 0 heterocycles. The number of carbonyl (C=O) groups excluding carboxylic acids is 2. The Morgan fingerprint density at radius 3 is 2.43 bits per heavy atom. The molecule has 6 heteroatoms. The molecule has 0 aliphatic rings. The molecule has 5 nitrogen and oxygen atoms in total. The number of nitrogens with one attached hydrogen (secondary N) is 2. The van der Waals surface area contributed by atoms with Gasteiger partial charge in [-0.1, -0.05) is 48.0 Å². The molecule has 23 heavy (non-hydrogen) atoms. The van der Waals surface area contributed by atoms with Crippen molar-refractivity contribution >= 4 is 29.1 Å². The molecule has 3 N–H and O–H groups in total. The number of carbonyl (C=O) groups is 2. The zero-order valence-corrected chi connectivity index (χ0v) is 13.3. The first-order valence-electron chi connectivity index (χ1n) is 7.05. The molecule has 2 aromatic carbocycles. The Kier molecular flexibility index (Phi) is 5.73. The van der Waals surface area contributed by atoms with E-state index in [-0.39, 0.29) is 6.61 Å². The van der Waals surface area contributed by atoms with Crippen LogP contribution in [0.2, 0.25) is 5.02 Å². The molecular formula is C17H17ClN2O3. The Morgan fingerprint density at radius 1 is 1.13 bits per heavy atom. The summed E-state index contributed by atoms with van der Waals surface area (Å²) in [7, 11) is 0. The second kappa shape index (κ2) is 7.76. The number of halogens is 1. The number of benzene rings is 2. The van der Waals surface area contributed by atoms with E-state index < -0.39 is 17.9 Å². The van der Waals surface area contributed by atoms with Gasteiger partial charge in [-0.05, 0) is 30.2 Å². The summed E-state index contributed by atoms with van der Waals surface area (Å²) in [5.74, 6) is -1.69. The Labute approximate surface area is 139 Å². The van der Waals surface area contributed by atoms with Gasteiger partial charge in [0.15, 0.2) is 0 Å². The number of anilines is 1. The van der Waals surface area contributed by atoms with Crippen LogP contribution in [0.4, 0.5) is 5.69 Å². The zero-order valence-electron chi connectivity index (χ0n) is 12.5. The van der Waals surface area contributed by atoms with Gasteiger partial charge in [-0.25, -0.2) is 0 Å². The van der Waals surface area contributed by atoms with Gasteiger partial charge >= 0.3 is 11.8 Å². The van der Waals surface area contributed by atoms with Gasteiger partial charge in [-0.15, -0.1) is 0 Å². The molecule has 0 fully saturated rings. The van der Waals surface area contributed by atoms with Crippen molar-refractivity contribution in [3.05, 3.63) is 64.7 Å². The molecular weight excluding hydrogens is 316 g/mol. The minimum atomic E-state index is -0.843. The molecule has 120 valence electrons. The highest BCUT2D eigenvalue weighted by atomic mass is 35.5. The predicted octanol–water partition coefficient (Wildman–Crippen LogP) is 2.44. The van der Waals surface area contributed by atoms with Crippen LogP contribution in [0.1, 0.15) is 17.2 Å². The normalized spacial score (nSPS) is 11.6. The lowest BCUT2D eigenvalue weighted by Crippen LogP contribution is -2.39. The molecule has 0 aliphatic heterocycles. The fourth-order valence-corrected chi connectivity index (χ4v) is 2.33. The summed E-state index contributed by atoms with van der Waals surface area (Å²) >= 11 is 6.02. The molecule has 0 radical (unpaired) electrons. The minimum absolute atomic E-state index is 0.311. The van der Waals surface area contributed by atoms with E-state index in [1.54, 1.807) is 42.5 Å². The molecule has 1 unspecified atom stereocenters. The number of hydrogen-bond donors (Lipinski definition) is 3. The lowest BCUT2D eigenvalue weighted by molar-refractivity contribution is -0.136. The van der Waals surface area contributed by atoms with Gasteiger partial charge in [0.2, 0.25) is 0 Å². The first-order valence-corrected chi connectivity index (χ1v) is 7.43. The molecule has 2 rings (SSSR count).